The number of carbonyl (C=O) groups excluding carboxylic acids is 1. The molecule has 0 aromatic carbocycles. The van der Waals surface area contributed by atoms with Crippen molar-refractivity contribution in [3.05, 3.63) is 12.0 Å². The largest absolute Gasteiger partial charge is 0.364 e. The Labute approximate surface area is 74.3 Å². The number of H-pyrrole nitrogens is 1. The van der Waals surface area contributed by atoms with Crippen LogP contribution in [0.4, 0.5) is 5.82 Å². The van der Waals surface area contributed by atoms with Crippen molar-refractivity contribution < 1.29 is 4.79 Å². The molecule has 0 fully saturated rings. The van der Waals surface area contributed by atoms with Crippen molar-refractivity contribution in [2.24, 2.45) is 10.7 Å². The molecule has 4 N–H and O–H groups in total. The van der Waals surface area contributed by atoms with Gasteiger partial charge in [-0.2, -0.15) is 0 Å². The molecule has 1 aromatic rings. The Kier molecular flexibility index (Phi) is 1.54. The third-order valence-electron chi connectivity index (χ3n) is 1.78. The first kappa shape index (κ1) is 7.78. The van der Waals surface area contributed by atoms with Gasteiger partial charge in [-0.05, 0) is 6.92 Å². The minimum atomic E-state index is -0.543. The second-order valence-electron chi connectivity index (χ2n) is 2.79. The molecule has 2 rings (SSSR count). The van der Waals surface area contributed by atoms with Gasteiger partial charge >= 0.3 is 0 Å². The van der Waals surface area contributed by atoms with E-state index in [4.69, 9.17) is 5.73 Å². The van der Waals surface area contributed by atoms with Crippen LogP contribution < -0.4 is 11.1 Å². The molecular weight excluding hydrogens is 170 g/mol. The summed E-state index contributed by atoms with van der Waals surface area (Å²) in [5.41, 5.74) is 5.97. The Morgan fingerprint density at radius 3 is 3.15 bits per heavy atom. The Balaban J connectivity index is 2.51. The van der Waals surface area contributed by atoms with Crippen molar-refractivity contribution in [1.29, 1.82) is 0 Å². The van der Waals surface area contributed by atoms with E-state index in [-0.39, 0.29) is 11.9 Å². The van der Waals surface area contributed by atoms with Crippen LogP contribution in [0.2, 0.25) is 0 Å². The fourth-order valence-corrected chi connectivity index (χ4v) is 1.26. The van der Waals surface area contributed by atoms with Gasteiger partial charge in [0, 0.05) is 0 Å². The zero-order valence-electron chi connectivity index (χ0n) is 7.03. The molecule has 0 saturated heterocycles. The van der Waals surface area contributed by atoms with Crippen LogP contribution in [0.3, 0.4) is 0 Å². The second-order valence-corrected chi connectivity index (χ2v) is 2.79. The number of anilines is 1. The molecule has 6 nitrogen and oxygen atoms in total. The monoisotopic (exact) mass is 179 g/mol. The Morgan fingerprint density at radius 2 is 2.46 bits per heavy atom. The number of nitrogens with two attached hydrogens (primary N) is 1. The number of nitrogens with zero attached hydrogens (tertiary/aromatic N) is 2. The van der Waals surface area contributed by atoms with Crippen LogP contribution in [0, 0.1) is 0 Å². The molecule has 1 aliphatic heterocycles. The average Bonchev–Trinajstić information content (AvgIpc) is 2.49. The molecule has 0 spiro atoms. The highest BCUT2D eigenvalue weighted by molar-refractivity contribution is 6.45. The molecule has 1 unspecified atom stereocenters. The first-order valence-electron chi connectivity index (χ1n) is 3.86. The summed E-state index contributed by atoms with van der Waals surface area (Å²) in [6.45, 7) is 1.82. The van der Waals surface area contributed by atoms with Gasteiger partial charge < -0.3 is 16.0 Å². The summed E-state index contributed by atoms with van der Waals surface area (Å²) in [7, 11) is 0. The zero-order chi connectivity index (χ0) is 9.42. The molecule has 6 heteroatoms. The summed E-state index contributed by atoms with van der Waals surface area (Å²) in [6.07, 6.45) is 1.33. The van der Waals surface area contributed by atoms with Gasteiger partial charge in [0.25, 0.3) is 5.91 Å². The maximum absolute atomic E-state index is 11.0. The lowest BCUT2D eigenvalue weighted by atomic mass is 10.2. The van der Waals surface area contributed by atoms with Crippen molar-refractivity contribution in [1.82, 2.24) is 9.97 Å². The van der Waals surface area contributed by atoms with E-state index in [0.717, 1.165) is 0 Å². The molecule has 1 atom stereocenters. The van der Waals surface area contributed by atoms with Gasteiger partial charge in [0.1, 0.15) is 11.9 Å². The number of nitrogens with one attached hydrogen (secondary N) is 2. The van der Waals surface area contributed by atoms with Gasteiger partial charge in [0.05, 0.1) is 6.33 Å². The van der Waals surface area contributed by atoms with Gasteiger partial charge in [-0.3, -0.25) is 9.79 Å². The van der Waals surface area contributed by atoms with E-state index >= 15 is 0 Å². The number of aliphatic imine (C=N–C) groups is 1. The molecule has 68 valence electrons. The highest BCUT2D eigenvalue weighted by Gasteiger charge is 2.23. The number of aromatic amines is 1. The zero-order valence-corrected chi connectivity index (χ0v) is 7.03. The van der Waals surface area contributed by atoms with Crippen LogP contribution in [0.5, 0.6) is 0 Å². The van der Waals surface area contributed by atoms with Gasteiger partial charge in [-0.25, -0.2) is 4.98 Å². The standard InChI is InChI=1S/C7H9N5O/c1-3-11-4(6(8)13)5-7(12-3)10-2-9-5/h2-3,12H,1H3,(H2,8,13)(H,9,10). The van der Waals surface area contributed by atoms with E-state index in [1.165, 1.54) is 6.33 Å². The topological polar surface area (TPSA) is 96.2 Å². The highest BCUT2D eigenvalue weighted by atomic mass is 16.1. The predicted molar refractivity (Wildman–Crippen MR) is 47.4 cm³/mol. The molecule has 0 saturated carbocycles. The molecule has 0 aliphatic carbocycles. The summed E-state index contributed by atoms with van der Waals surface area (Å²) < 4.78 is 0. The summed E-state index contributed by atoms with van der Waals surface area (Å²) in [5.74, 6) is 0.0788. The molecule has 1 amide bonds. The second kappa shape index (κ2) is 2.58. The third-order valence-corrected chi connectivity index (χ3v) is 1.78. The number of hydrogen-bond acceptors (Lipinski definition) is 4. The van der Waals surface area contributed by atoms with Gasteiger partial charge in [0.15, 0.2) is 11.5 Å². The van der Waals surface area contributed by atoms with Crippen LogP contribution >= 0.6 is 0 Å². The summed E-state index contributed by atoms with van der Waals surface area (Å²) >= 11 is 0. The quantitative estimate of drug-likeness (QED) is 0.540. The number of carbonyl (C=O) groups is 1. The van der Waals surface area contributed by atoms with Crippen molar-refractivity contribution in [3.8, 4) is 0 Å². The first-order chi connectivity index (χ1) is 6.18. The van der Waals surface area contributed by atoms with Crippen LogP contribution in [-0.4, -0.2) is 27.8 Å². The Morgan fingerprint density at radius 1 is 1.69 bits per heavy atom. The SMILES string of the molecule is CC1N=C(C(N)=O)c2[nH]cnc2N1. The number of fused-ring (bicyclic) bond motifs is 1. The van der Waals surface area contributed by atoms with Gasteiger partial charge in [-0.15, -0.1) is 0 Å². The van der Waals surface area contributed by atoms with E-state index in [1.54, 1.807) is 0 Å². The molecule has 13 heavy (non-hydrogen) atoms. The number of aromatic nitrogens is 2. The van der Waals surface area contributed by atoms with Crippen molar-refractivity contribution >= 4 is 17.4 Å². The van der Waals surface area contributed by atoms with Crippen LogP contribution in [0.25, 0.3) is 0 Å². The lowest BCUT2D eigenvalue weighted by molar-refractivity contribution is -0.111. The lowest BCUT2D eigenvalue weighted by Gasteiger charge is -2.16. The van der Waals surface area contributed by atoms with E-state index in [0.29, 0.717) is 11.5 Å². The number of hydrogen-bond donors (Lipinski definition) is 3. The summed E-state index contributed by atoms with van der Waals surface area (Å²) in [6, 6.07) is 0. The van der Waals surface area contributed by atoms with Gasteiger partial charge in [0.2, 0.25) is 0 Å². The molecule has 1 aromatic heterocycles. The van der Waals surface area contributed by atoms with Crippen molar-refractivity contribution in [2.75, 3.05) is 5.32 Å². The Bertz CT molecular complexity index is 380. The summed E-state index contributed by atoms with van der Waals surface area (Å²) in [5, 5.41) is 2.99. The molecule has 0 bridgehead atoms. The lowest BCUT2D eigenvalue weighted by Crippen LogP contribution is -2.32. The highest BCUT2D eigenvalue weighted by Crippen LogP contribution is 2.17. The van der Waals surface area contributed by atoms with Crippen LogP contribution in [0.15, 0.2) is 11.3 Å². The first-order valence-corrected chi connectivity index (χ1v) is 3.86. The van der Waals surface area contributed by atoms with E-state index < -0.39 is 5.91 Å². The molecule has 0 radical (unpaired) electrons. The minimum Gasteiger partial charge on any atom is -0.364 e. The summed E-state index contributed by atoms with van der Waals surface area (Å²) in [4.78, 5) is 21.8. The number of imidazole rings is 1. The van der Waals surface area contributed by atoms with Gasteiger partial charge in [-0.1, -0.05) is 0 Å². The van der Waals surface area contributed by atoms with Crippen LogP contribution in [-0.2, 0) is 4.79 Å². The number of primary amides is 1. The van der Waals surface area contributed by atoms with Crippen LogP contribution in [0.1, 0.15) is 12.6 Å². The van der Waals surface area contributed by atoms with E-state index in [1.807, 2.05) is 6.92 Å². The van der Waals surface area contributed by atoms with E-state index in [2.05, 4.69) is 20.3 Å². The maximum atomic E-state index is 11.0. The minimum absolute atomic E-state index is 0.168. The van der Waals surface area contributed by atoms with Crippen molar-refractivity contribution in [2.45, 2.75) is 13.1 Å². The third kappa shape index (κ3) is 1.16. The fourth-order valence-electron chi connectivity index (χ4n) is 1.26. The average molecular weight is 179 g/mol. The maximum Gasteiger partial charge on any atom is 0.269 e. The fraction of sp³-hybridized carbons (Fsp3) is 0.286. The normalized spacial score (nSPS) is 20.1. The number of amides is 1. The Hall–Kier alpha value is -1.85. The predicted octanol–water partition coefficient (Wildman–Crippen LogP) is -0.544. The molecule has 1 aliphatic rings. The van der Waals surface area contributed by atoms with E-state index in [9.17, 15) is 4.79 Å². The smallest absolute Gasteiger partial charge is 0.269 e. The number of rotatable bonds is 1. The molecular formula is C7H9N5O. The molecule has 2 heterocycles. The van der Waals surface area contributed by atoms with Crippen molar-refractivity contribution in [3.63, 3.8) is 0 Å².